The van der Waals surface area contributed by atoms with E-state index in [0.717, 1.165) is 22.3 Å². The van der Waals surface area contributed by atoms with Gasteiger partial charge in [0, 0.05) is 19.5 Å². The molecule has 0 bridgehead atoms. The van der Waals surface area contributed by atoms with Gasteiger partial charge in [0.2, 0.25) is 5.75 Å². The monoisotopic (exact) mass is 276 g/mol. The minimum atomic E-state index is 0.588. The van der Waals surface area contributed by atoms with Crippen LogP contribution in [0, 0.1) is 6.92 Å². The first-order valence-electron chi connectivity index (χ1n) is 6.31. The number of methoxy groups -OCH3 is 3. The van der Waals surface area contributed by atoms with Crippen molar-refractivity contribution >= 4 is 16.6 Å². The number of nitrogens with zero attached hydrogens (tertiary/aromatic N) is 2. The molecule has 2 aromatic rings. The molecule has 108 valence electrons. The van der Waals surface area contributed by atoms with Crippen LogP contribution in [0.3, 0.4) is 0 Å². The Kier molecular flexibility index (Phi) is 3.88. The second kappa shape index (κ2) is 5.45. The number of anilines is 1. The summed E-state index contributed by atoms with van der Waals surface area (Å²) < 4.78 is 16.3. The number of hydrogen-bond donors (Lipinski definition) is 0. The Morgan fingerprint density at radius 2 is 1.60 bits per heavy atom. The SMILES string of the molecule is COc1cc2cc(N(C)C)nc(C)c2c(OC)c1OC. The molecule has 0 amide bonds. The molecule has 0 radical (unpaired) electrons. The first kappa shape index (κ1) is 14.2. The number of aryl methyl sites for hydroxylation is 1. The summed E-state index contributed by atoms with van der Waals surface area (Å²) in [7, 11) is 8.76. The number of pyridine rings is 1. The predicted octanol–water partition coefficient (Wildman–Crippen LogP) is 2.64. The Hall–Kier alpha value is -2.17. The van der Waals surface area contributed by atoms with E-state index in [4.69, 9.17) is 14.2 Å². The van der Waals surface area contributed by atoms with E-state index in [0.29, 0.717) is 17.2 Å². The maximum absolute atomic E-state index is 5.51. The van der Waals surface area contributed by atoms with Gasteiger partial charge < -0.3 is 19.1 Å². The largest absolute Gasteiger partial charge is 0.493 e. The number of rotatable bonds is 4. The van der Waals surface area contributed by atoms with Crippen LogP contribution in [0.1, 0.15) is 5.69 Å². The molecule has 0 saturated carbocycles. The van der Waals surface area contributed by atoms with Crippen molar-refractivity contribution in [3.8, 4) is 17.2 Å². The molecule has 0 fully saturated rings. The Morgan fingerprint density at radius 3 is 2.10 bits per heavy atom. The Bertz CT molecular complexity index is 639. The van der Waals surface area contributed by atoms with Gasteiger partial charge in [-0.05, 0) is 24.4 Å². The quantitative estimate of drug-likeness (QED) is 0.859. The zero-order valence-electron chi connectivity index (χ0n) is 12.8. The van der Waals surface area contributed by atoms with Crippen LogP contribution in [0.2, 0.25) is 0 Å². The van der Waals surface area contributed by atoms with Crippen molar-refractivity contribution in [1.29, 1.82) is 0 Å². The van der Waals surface area contributed by atoms with Gasteiger partial charge in [-0.25, -0.2) is 4.98 Å². The molecule has 0 N–H and O–H groups in total. The summed E-state index contributed by atoms with van der Waals surface area (Å²) in [4.78, 5) is 6.56. The zero-order chi connectivity index (χ0) is 14.9. The van der Waals surface area contributed by atoms with Crippen molar-refractivity contribution in [2.24, 2.45) is 0 Å². The molecule has 1 aromatic heterocycles. The second-order valence-corrected chi connectivity index (χ2v) is 4.70. The van der Waals surface area contributed by atoms with E-state index in [1.165, 1.54) is 0 Å². The van der Waals surface area contributed by atoms with Crippen LogP contribution in [0.15, 0.2) is 12.1 Å². The van der Waals surface area contributed by atoms with Gasteiger partial charge >= 0.3 is 0 Å². The van der Waals surface area contributed by atoms with Gasteiger partial charge in [-0.2, -0.15) is 0 Å². The van der Waals surface area contributed by atoms with E-state index < -0.39 is 0 Å². The van der Waals surface area contributed by atoms with E-state index in [1.54, 1.807) is 21.3 Å². The molecule has 0 aliphatic rings. The van der Waals surface area contributed by atoms with Gasteiger partial charge in [0.05, 0.1) is 27.0 Å². The van der Waals surface area contributed by atoms with Crippen LogP contribution >= 0.6 is 0 Å². The van der Waals surface area contributed by atoms with Gasteiger partial charge in [0.15, 0.2) is 11.5 Å². The van der Waals surface area contributed by atoms with Gasteiger partial charge in [-0.15, -0.1) is 0 Å². The lowest BCUT2D eigenvalue weighted by Crippen LogP contribution is -2.11. The number of hydrogen-bond acceptors (Lipinski definition) is 5. The number of aromatic nitrogens is 1. The van der Waals surface area contributed by atoms with E-state index in [9.17, 15) is 0 Å². The van der Waals surface area contributed by atoms with Gasteiger partial charge in [0.1, 0.15) is 5.82 Å². The highest BCUT2D eigenvalue weighted by atomic mass is 16.5. The van der Waals surface area contributed by atoms with Gasteiger partial charge in [-0.3, -0.25) is 0 Å². The van der Waals surface area contributed by atoms with Crippen LogP contribution in [0.5, 0.6) is 17.2 Å². The van der Waals surface area contributed by atoms with Crippen LogP contribution < -0.4 is 19.1 Å². The third kappa shape index (κ3) is 2.19. The molecule has 5 heteroatoms. The zero-order valence-corrected chi connectivity index (χ0v) is 12.8. The first-order chi connectivity index (χ1) is 9.53. The predicted molar refractivity (Wildman–Crippen MR) is 80.5 cm³/mol. The molecule has 2 rings (SSSR count). The fourth-order valence-electron chi connectivity index (χ4n) is 2.29. The smallest absolute Gasteiger partial charge is 0.204 e. The maximum Gasteiger partial charge on any atom is 0.204 e. The van der Waals surface area contributed by atoms with E-state index >= 15 is 0 Å². The van der Waals surface area contributed by atoms with Crippen molar-refractivity contribution in [3.05, 3.63) is 17.8 Å². The van der Waals surface area contributed by atoms with Crippen LogP contribution in [-0.2, 0) is 0 Å². The van der Waals surface area contributed by atoms with E-state index in [2.05, 4.69) is 4.98 Å². The van der Waals surface area contributed by atoms with Crippen molar-refractivity contribution in [2.75, 3.05) is 40.3 Å². The number of benzene rings is 1. The molecule has 1 aromatic carbocycles. The Balaban J connectivity index is 2.87. The summed E-state index contributed by atoms with van der Waals surface area (Å²) in [6.45, 7) is 1.96. The molecule has 0 saturated heterocycles. The van der Waals surface area contributed by atoms with E-state index in [-0.39, 0.29) is 0 Å². The van der Waals surface area contributed by atoms with Crippen LogP contribution in [0.4, 0.5) is 5.82 Å². The van der Waals surface area contributed by atoms with Crippen molar-refractivity contribution in [2.45, 2.75) is 6.92 Å². The summed E-state index contributed by atoms with van der Waals surface area (Å²) in [5, 5.41) is 1.95. The first-order valence-corrected chi connectivity index (χ1v) is 6.31. The average Bonchev–Trinajstić information content (AvgIpc) is 2.44. The average molecular weight is 276 g/mol. The lowest BCUT2D eigenvalue weighted by molar-refractivity contribution is 0.327. The summed E-state index contributed by atoms with van der Waals surface area (Å²) in [5.41, 5.74) is 0.893. The van der Waals surface area contributed by atoms with Gasteiger partial charge in [0.25, 0.3) is 0 Å². The third-order valence-electron chi connectivity index (χ3n) is 3.25. The molecule has 0 atom stereocenters. The highest BCUT2D eigenvalue weighted by Gasteiger charge is 2.18. The minimum absolute atomic E-state index is 0.588. The van der Waals surface area contributed by atoms with Gasteiger partial charge in [-0.1, -0.05) is 0 Å². The van der Waals surface area contributed by atoms with E-state index in [1.807, 2.05) is 38.1 Å². The fraction of sp³-hybridized carbons (Fsp3) is 0.400. The topological polar surface area (TPSA) is 43.8 Å². The standard InChI is InChI=1S/C15H20N2O3/c1-9-13-10(8-12(16-9)17(2)3)7-11(18-4)14(19-5)15(13)20-6/h7-8H,1-6H3. The molecule has 20 heavy (non-hydrogen) atoms. The summed E-state index contributed by atoms with van der Waals surface area (Å²) >= 11 is 0. The summed E-state index contributed by atoms with van der Waals surface area (Å²) in [6, 6.07) is 3.95. The lowest BCUT2D eigenvalue weighted by Gasteiger charge is -2.18. The van der Waals surface area contributed by atoms with Crippen molar-refractivity contribution in [3.63, 3.8) is 0 Å². The summed E-state index contributed by atoms with van der Waals surface area (Å²) in [6.07, 6.45) is 0. The molecule has 0 aliphatic carbocycles. The normalized spacial score (nSPS) is 10.5. The van der Waals surface area contributed by atoms with Crippen molar-refractivity contribution < 1.29 is 14.2 Å². The molecule has 0 aliphatic heterocycles. The second-order valence-electron chi connectivity index (χ2n) is 4.70. The minimum Gasteiger partial charge on any atom is -0.493 e. The van der Waals surface area contributed by atoms with Crippen LogP contribution in [-0.4, -0.2) is 40.4 Å². The van der Waals surface area contributed by atoms with Crippen LogP contribution in [0.25, 0.3) is 10.8 Å². The maximum atomic E-state index is 5.51. The third-order valence-corrected chi connectivity index (χ3v) is 3.25. The Morgan fingerprint density at radius 1 is 0.950 bits per heavy atom. The fourth-order valence-corrected chi connectivity index (χ4v) is 2.29. The van der Waals surface area contributed by atoms with Crippen molar-refractivity contribution in [1.82, 2.24) is 4.98 Å². The molecule has 0 unspecified atom stereocenters. The highest BCUT2D eigenvalue weighted by Crippen LogP contribution is 2.44. The highest BCUT2D eigenvalue weighted by molar-refractivity contribution is 5.96. The lowest BCUT2D eigenvalue weighted by atomic mass is 10.1. The molecule has 1 heterocycles. The molecular formula is C15H20N2O3. The Labute approximate surface area is 119 Å². The molecule has 0 spiro atoms. The molecule has 5 nitrogen and oxygen atoms in total. The summed E-state index contributed by atoms with van der Waals surface area (Å²) in [5.74, 6) is 2.78. The molecular weight excluding hydrogens is 256 g/mol. The number of fused-ring (bicyclic) bond motifs is 1. The number of ether oxygens (including phenoxy) is 3.